The minimum Gasteiger partial charge on any atom is -0.472 e. The fourth-order valence-electron chi connectivity index (χ4n) is 3.04. The predicted octanol–water partition coefficient (Wildman–Crippen LogP) is 2.93. The van der Waals surface area contributed by atoms with Crippen molar-refractivity contribution in [3.05, 3.63) is 83.7 Å². The summed E-state index contributed by atoms with van der Waals surface area (Å²) in [6.07, 6.45) is 6.65. The number of nitrogens with one attached hydrogen (secondary N) is 1. The number of hydrogen-bond donors (Lipinski definition) is 1. The maximum absolute atomic E-state index is 12.5. The van der Waals surface area contributed by atoms with Crippen molar-refractivity contribution in [1.29, 1.82) is 0 Å². The summed E-state index contributed by atoms with van der Waals surface area (Å²) >= 11 is 0. The summed E-state index contributed by atoms with van der Waals surface area (Å²) in [5, 5.41) is 6.98. The highest BCUT2D eigenvalue weighted by Gasteiger charge is 2.19. The molecule has 4 heterocycles. The Morgan fingerprint density at radius 2 is 2.15 bits per heavy atom. The van der Waals surface area contributed by atoms with Crippen LogP contribution in [-0.4, -0.2) is 26.2 Å². The first-order chi connectivity index (χ1) is 12.8. The van der Waals surface area contributed by atoms with Gasteiger partial charge in [-0.3, -0.25) is 9.79 Å². The zero-order chi connectivity index (χ0) is 17.5. The third-order valence-electron chi connectivity index (χ3n) is 4.32. The summed E-state index contributed by atoms with van der Waals surface area (Å²) in [6.45, 7) is 0.628. The largest absolute Gasteiger partial charge is 0.472 e. The van der Waals surface area contributed by atoms with E-state index in [1.165, 1.54) is 0 Å². The Kier molecular flexibility index (Phi) is 3.18. The van der Waals surface area contributed by atoms with Crippen LogP contribution in [0.5, 0.6) is 0 Å². The summed E-state index contributed by atoms with van der Waals surface area (Å²) in [7, 11) is 0. The lowest BCUT2D eigenvalue weighted by molar-refractivity contribution is 0.102. The van der Waals surface area contributed by atoms with E-state index in [0.29, 0.717) is 23.6 Å². The summed E-state index contributed by atoms with van der Waals surface area (Å²) in [6, 6.07) is 11.1. The Morgan fingerprint density at radius 3 is 3.04 bits per heavy atom. The van der Waals surface area contributed by atoms with Crippen LogP contribution in [0.3, 0.4) is 0 Å². The molecule has 0 unspecified atom stereocenters. The predicted molar refractivity (Wildman–Crippen MR) is 95.4 cm³/mol. The van der Waals surface area contributed by atoms with E-state index in [-0.39, 0.29) is 5.91 Å². The number of aromatic nitrogens is 3. The molecule has 0 aliphatic carbocycles. The van der Waals surface area contributed by atoms with Gasteiger partial charge in [-0.25, -0.2) is 9.50 Å². The van der Waals surface area contributed by atoms with Crippen LogP contribution in [0.25, 0.3) is 5.65 Å². The number of carbonyl (C=O) groups is 1. The van der Waals surface area contributed by atoms with Gasteiger partial charge < -0.3 is 9.73 Å². The van der Waals surface area contributed by atoms with E-state index in [1.807, 2.05) is 24.3 Å². The molecular formula is C19H13N5O2. The second kappa shape index (κ2) is 5.66. The number of rotatable bonds is 3. The summed E-state index contributed by atoms with van der Waals surface area (Å²) in [5.41, 5.74) is 5.59. The Labute approximate surface area is 148 Å². The van der Waals surface area contributed by atoms with E-state index in [9.17, 15) is 4.79 Å². The lowest BCUT2D eigenvalue weighted by Gasteiger charge is -2.08. The lowest BCUT2D eigenvalue weighted by atomic mass is 10.0. The molecule has 126 valence electrons. The van der Waals surface area contributed by atoms with Crippen LogP contribution < -0.4 is 5.32 Å². The molecule has 5 rings (SSSR count). The molecule has 0 fully saturated rings. The average Bonchev–Trinajstić information content (AvgIpc) is 3.40. The minimum absolute atomic E-state index is 0.270. The molecule has 0 spiro atoms. The van der Waals surface area contributed by atoms with Crippen LogP contribution in [-0.2, 0) is 6.54 Å². The molecule has 3 aromatic heterocycles. The first-order valence-electron chi connectivity index (χ1n) is 8.10. The van der Waals surface area contributed by atoms with E-state index in [1.54, 1.807) is 41.6 Å². The second-order valence-corrected chi connectivity index (χ2v) is 5.95. The molecule has 0 radical (unpaired) electrons. The highest BCUT2D eigenvalue weighted by molar-refractivity contribution is 6.15. The van der Waals surface area contributed by atoms with E-state index in [0.717, 1.165) is 22.4 Å². The van der Waals surface area contributed by atoms with Gasteiger partial charge in [0.1, 0.15) is 5.69 Å². The number of fused-ring (bicyclic) bond motifs is 2. The van der Waals surface area contributed by atoms with E-state index >= 15 is 0 Å². The molecule has 1 amide bonds. The molecule has 0 atom stereocenters. The summed E-state index contributed by atoms with van der Waals surface area (Å²) < 4.78 is 6.77. The van der Waals surface area contributed by atoms with Crippen molar-refractivity contribution < 1.29 is 9.21 Å². The van der Waals surface area contributed by atoms with Crippen molar-refractivity contribution in [3.63, 3.8) is 0 Å². The van der Waals surface area contributed by atoms with Crippen LogP contribution in [0.1, 0.15) is 27.2 Å². The quantitative estimate of drug-likeness (QED) is 0.620. The molecule has 0 saturated heterocycles. The highest BCUT2D eigenvalue weighted by atomic mass is 16.3. The standard InChI is InChI=1S/C19H13N5O2/c25-19(16-4-7-24-17(23-16)3-6-21-24)22-14-2-1-12-10-20-18(15(12)9-14)13-5-8-26-11-13/h1-9,11H,10H2,(H,22,25). The Bertz CT molecular complexity index is 1160. The summed E-state index contributed by atoms with van der Waals surface area (Å²) in [4.78, 5) is 21.4. The number of hydrogen-bond acceptors (Lipinski definition) is 5. The molecule has 0 saturated carbocycles. The fraction of sp³-hybridized carbons (Fsp3) is 0.0526. The molecule has 7 heteroatoms. The van der Waals surface area contributed by atoms with Crippen molar-refractivity contribution >= 4 is 23.0 Å². The number of aliphatic imine (C=N–C) groups is 1. The van der Waals surface area contributed by atoms with Crippen LogP contribution >= 0.6 is 0 Å². The second-order valence-electron chi connectivity index (χ2n) is 5.95. The number of carbonyl (C=O) groups excluding carboxylic acids is 1. The molecule has 1 aliphatic heterocycles. The van der Waals surface area contributed by atoms with Crippen LogP contribution in [0.15, 0.2) is 70.7 Å². The van der Waals surface area contributed by atoms with Crippen molar-refractivity contribution in [2.45, 2.75) is 6.54 Å². The lowest BCUT2D eigenvalue weighted by Crippen LogP contribution is -2.14. The summed E-state index contributed by atoms with van der Waals surface area (Å²) in [5.74, 6) is -0.270. The van der Waals surface area contributed by atoms with Gasteiger partial charge in [-0.2, -0.15) is 5.10 Å². The number of amides is 1. The molecule has 1 aromatic carbocycles. The third kappa shape index (κ3) is 2.37. The van der Waals surface area contributed by atoms with E-state index in [4.69, 9.17) is 4.42 Å². The molecule has 7 nitrogen and oxygen atoms in total. The van der Waals surface area contributed by atoms with E-state index in [2.05, 4.69) is 20.4 Å². The van der Waals surface area contributed by atoms with Crippen LogP contribution in [0.4, 0.5) is 5.69 Å². The Balaban J connectivity index is 1.43. The van der Waals surface area contributed by atoms with E-state index < -0.39 is 0 Å². The van der Waals surface area contributed by atoms with Crippen molar-refractivity contribution in [2.75, 3.05) is 5.32 Å². The van der Waals surface area contributed by atoms with Gasteiger partial charge in [-0.15, -0.1) is 0 Å². The smallest absolute Gasteiger partial charge is 0.274 e. The molecular weight excluding hydrogens is 330 g/mol. The van der Waals surface area contributed by atoms with Crippen molar-refractivity contribution in [3.8, 4) is 0 Å². The SMILES string of the molecule is O=C(Nc1ccc2c(c1)C(c1ccoc1)=NC2)c1ccn2nccc2n1. The van der Waals surface area contributed by atoms with Gasteiger partial charge in [0.25, 0.3) is 5.91 Å². The molecule has 26 heavy (non-hydrogen) atoms. The van der Waals surface area contributed by atoms with Gasteiger partial charge >= 0.3 is 0 Å². The Hall–Kier alpha value is -3.74. The average molecular weight is 343 g/mol. The minimum atomic E-state index is -0.270. The van der Waals surface area contributed by atoms with Crippen molar-refractivity contribution in [1.82, 2.24) is 14.6 Å². The molecule has 1 aliphatic rings. The normalized spacial score (nSPS) is 12.8. The zero-order valence-electron chi connectivity index (χ0n) is 13.6. The first kappa shape index (κ1) is 14.6. The maximum atomic E-state index is 12.5. The van der Waals surface area contributed by atoms with Gasteiger partial charge in [-0.1, -0.05) is 6.07 Å². The number of anilines is 1. The molecule has 4 aromatic rings. The molecule has 1 N–H and O–H groups in total. The van der Waals surface area contributed by atoms with Gasteiger partial charge in [-0.05, 0) is 29.8 Å². The van der Waals surface area contributed by atoms with Crippen molar-refractivity contribution in [2.24, 2.45) is 4.99 Å². The van der Waals surface area contributed by atoms with Gasteiger partial charge in [0.2, 0.25) is 0 Å². The Morgan fingerprint density at radius 1 is 1.19 bits per heavy atom. The number of furan rings is 1. The number of benzene rings is 1. The number of nitrogens with zero attached hydrogens (tertiary/aromatic N) is 4. The van der Waals surface area contributed by atoms with Gasteiger partial charge in [0, 0.05) is 29.1 Å². The van der Waals surface area contributed by atoms with Gasteiger partial charge in [0.05, 0.1) is 31.0 Å². The van der Waals surface area contributed by atoms with Crippen LogP contribution in [0, 0.1) is 0 Å². The highest BCUT2D eigenvalue weighted by Crippen LogP contribution is 2.26. The topological polar surface area (TPSA) is 84.8 Å². The zero-order valence-corrected chi connectivity index (χ0v) is 13.6. The molecule has 0 bridgehead atoms. The van der Waals surface area contributed by atoms with Gasteiger partial charge in [0.15, 0.2) is 5.65 Å². The third-order valence-corrected chi connectivity index (χ3v) is 4.32. The maximum Gasteiger partial charge on any atom is 0.274 e. The fourth-order valence-corrected chi connectivity index (χ4v) is 3.04. The monoisotopic (exact) mass is 343 g/mol. The van der Waals surface area contributed by atoms with Crippen LogP contribution in [0.2, 0.25) is 0 Å². The first-order valence-corrected chi connectivity index (χ1v) is 8.10.